The van der Waals surface area contributed by atoms with Crippen molar-refractivity contribution >= 4 is 22.5 Å². The van der Waals surface area contributed by atoms with Crippen LogP contribution in [0.5, 0.6) is 0 Å². The van der Waals surface area contributed by atoms with Gasteiger partial charge < -0.3 is 9.30 Å². The van der Waals surface area contributed by atoms with E-state index < -0.39 is 0 Å². The Balaban J connectivity index is 1.69. The van der Waals surface area contributed by atoms with Gasteiger partial charge in [0.2, 0.25) is 0 Å². The molecule has 1 aliphatic heterocycles. The second kappa shape index (κ2) is 6.18. The number of hydrogen-bond donors (Lipinski definition) is 0. The van der Waals surface area contributed by atoms with E-state index in [1.165, 1.54) is 17.7 Å². The summed E-state index contributed by atoms with van der Waals surface area (Å²) in [5.74, 6) is 1.09. The SMILES string of the molecule is c1csc(Cn2c(CC3CCCCO3)nc3cccnc32)c1. The zero-order valence-corrected chi connectivity index (χ0v) is 13.3. The van der Waals surface area contributed by atoms with Gasteiger partial charge in [-0.2, -0.15) is 0 Å². The summed E-state index contributed by atoms with van der Waals surface area (Å²) in [6.07, 6.45) is 6.60. The Hall–Kier alpha value is -1.72. The summed E-state index contributed by atoms with van der Waals surface area (Å²) in [5, 5.41) is 2.12. The summed E-state index contributed by atoms with van der Waals surface area (Å²) in [7, 11) is 0. The third-order valence-corrected chi connectivity index (χ3v) is 5.02. The number of fused-ring (bicyclic) bond motifs is 1. The Labute approximate surface area is 133 Å². The average Bonchev–Trinajstić information content (AvgIpc) is 3.18. The van der Waals surface area contributed by atoms with Gasteiger partial charge in [-0.3, -0.25) is 0 Å². The molecule has 22 heavy (non-hydrogen) atoms. The van der Waals surface area contributed by atoms with E-state index in [0.29, 0.717) is 6.10 Å². The molecule has 0 aromatic carbocycles. The van der Waals surface area contributed by atoms with E-state index >= 15 is 0 Å². The predicted octanol–water partition coefficient (Wildman–Crippen LogP) is 3.65. The molecule has 1 aliphatic rings. The molecule has 0 bridgehead atoms. The minimum Gasteiger partial charge on any atom is -0.378 e. The molecule has 0 amide bonds. The van der Waals surface area contributed by atoms with Crippen molar-refractivity contribution in [3.05, 3.63) is 46.5 Å². The Morgan fingerprint density at radius 2 is 2.27 bits per heavy atom. The fraction of sp³-hybridized carbons (Fsp3) is 0.412. The van der Waals surface area contributed by atoms with Crippen LogP contribution in [0.3, 0.4) is 0 Å². The van der Waals surface area contributed by atoms with Crippen LogP contribution in [-0.2, 0) is 17.7 Å². The van der Waals surface area contributed by atoms with Gasteiger partial charge in [0.25, 0.3) is 0 Å². The van der Waals surface area contributed by atoms with Gasteiger partial charge in [-0.15, -0.1) is 11.3 Å². The van der Waals surface area contributed by atoms with Crippen LogP contribution in [-0.4, -0.2) is 27.2 Å². The fourth-order valence-electron chi connectivity index (χ4n) is 3.06. The van der Waals surface area contributed by atoms with Crippen LogP contribution in [0.1, 0.15) is 30.0 Å². The fourth-order valence-corrected chi connectivity index (χ4v) is 3.75. The van der Waals surface area contributed by atoms with E-state index in [4.69, 9.17) is 9.72 Å². The maximum atomic E-state index is 5.90. The summed E-state index contributed by atoms with van der Waals surface area (Å²) in [6, 6.07) is 8.25. The third kappa shape index (κ3) is 2.78. The Morgan fingerprint density at radius 1 is 1.27 bits per heavy atom. The highest BCUT2D eigenvalue weighted by molar-refractivity contribution is 7.09. The highest BCUT2D eigenvalue weighted by Gasteiger charge is 2.19. The molecule has 4 rings (SSSR count). The lowest BCUT2D eigenvalue weighted by molar-refractivity contribution is 0.0153. The van der Waals surface area contributed by atoms with Crippen LogP contribution < -0.4 is 0 Å². The highest BCUT2D eigenvalue weighted by atomic mass is 32.1. The second-order valence-electron chi connectivity index (χ2n) is 5.73. The molecule has 4 heterocycles. The van der Waals surface area contributed by atoms with Gasteiger partial charge in [0.05, 0.1) is 12.6 Å². The Kier molecular flexibility index (Phi) is 3.91. The van der Waals surface area contributed by atoms with Gasteiger partial charge >= 0.3 is 0 Å². The van der Waals surface area contributed by atoms with E-state index in [1.807, 2.05) is 18.3 Å². The number of rotatable bonds is 4. The lowest BCUT2D eigenvalue weighted by Gasteiger charge is -2.22. The van der Waals surface area contributed by atoms with Crippen molar-refractivity contribution in [1.29, 1.82) is 0 Å². The summed E-state index contributed by atoms with van der Waals surface area (Å²) in [5.41, 5.74) is 1.95. The lowest BCUT2D eigenvalue weighted by atomic mass is 10.1. The summed E-state index contributed by atoms with van der Waals surface area (Å²) in [4.78, 5) is 10.7. The third-order valence-electron chi connectivity index (χ3n) is 4.16. The quantitative estimate of drug-likeness (QED) is 0.738. The number of nitrogens with zero attached hydrogens (tertiary/aromatic N) is 3. The minimum atomic E-state index is 0.299. The molecular formula is C17H19N3OS. The van der Waals surface area contributed by atoms with E-state index in [9.17, 15) is 0 Å². The van der Waals surface area contributed by atoms with Crippen LogP contribution in [0.15, 0.2) is 35.8 Å². The van der Waals surface area contributed by atoms with Crippen LogP contribution in [0, 0.1) is 0 Å². The van der Waals surface area contributed by atoms with Crippen LogP contribution in [0.25, 0.3) is 11.2 Å². The molecule has 3 aromatic rings. The number of ether oxygens (including phenoxy) is 1. The van der Waals surface area contributed by atoms with E-state index in [-0.39, 0.29) is 0 Å². The largest absolute Gasteiger partial charge is 0.378 e. The normalized spacial score (nSPS) is 18.8. The second-order valence-corrected chi connectivity index (χ2v) is 6.76. The molecule has 0 N–H and O–H groups in total. The van der Waals surface area contributed by atoms with Gasteiger partial charge in [0.1, 0.15) is 11.3 Å². The molecule has 1 fully saturated rings. The highest BCUT2D eigenvalue weighted by Crippen LogP contribution is 2.22. The van der Waals surface area contributed by atoms with Crippen molar-refractivity contribution in [2.24, 2.45) is 0 Å². The zero-order valence-electron chi connectivity index (χ0n) is 12.4. The number of pyridine rings is 1. The molecular weight excluding hydrogens is 294 g/mol. The first-order valence-electron chi connectivity index (χ1n) is 7.84. The Morgan fingerprint density at radius 3 is 3.09 bits per heavy atom. The molecule has 114 valence electrons. The first-order chi connectivity index (χ1) is 10.9. The van der Waals surface area contributed by atoms with Crippen LogP contribution in [0.4, 0.5) is 0 Å². The van der Waals surface area contributed by atoms with E-state index in [0.717, 1.165) is 43.0 Å². The molecule has 1 unspecified atom stereocenters. The smallest absolute Gasteiger partial charge is 0.160 e. The minimum absolute atomic E-state index is 0.299. The first kappa shape index (κ1) is 13.9. The van der Waals surface area contributed by atoms with Crippen LogP contribution >= 0.6 is 11.3 Å². The van der Waals surface area contributed by atoms with Crippen molar-refractivity contribution in [3.63, 3.8) is 0 Å². The molecule has 5 heteroatoms. The van der Waals surface area contributed by atoms with Gasteiger partial charge in [-0.25, -0.2) is 9.97 Å². The van der Waals surface area contributed by atoms with Gasteiger partial charge in [-0.1, -0.05) is 6.07 Å². The van der Waals surface area contributed by atoms with Crippen molar-refractivity contribution in [2.45, 2.75) is 38.3 Å². The van der Waals surface area contributed by atoms with Gasteiger partial charge in [0, 0.05) is 24.1 Å². The molecule has 4 nitrogen and oxygen atoms in total. The Bertz CT molecular complexity index is 744. The molecule has 0 radical (unpaired) electrons. The van der Waals surface area contributed by atoms with Crippen molar-refractivity contribution in [3.8, 4) is 0 Å². The number of aromatic nitrogens is 3. The monoisotopic (exact) mass is 313 g/mol. The number of imidazole rings is 1. The lowest BCUT2D eigenvalue weighted by Crippen LogP contribution is -2.23. The van der Waals surface area contributed by atoms with E-state index in [1.54, 1.807) is 11.3 Å². The molecule has 3 aromatic heterocycles. The molecule has 0 saturated carbocycles. The topological polar surface area (TPSA) is 39.9 Å². The molecule has 0 aliphatic carbocycles. The molecule has 1 atom stereocenters. The first-order valence-corrected chi connectivity index (χ1v) is 8.72. The van der Waals surface area contributed by atoms with Crippen molar-refractivity contribution in [1.82, 2.24) is 14.5 Å². The summed E-state index contributed by atoms with van der Waals surface area (Å²) in [6.45, 7) is 1.72. The van der Waals surface area contributed by atoms with Crippen LogP contribution in [0.2, 0.25) is 0 Å². The number of thiophene rings is 1. The maximum Gasteiger partial charge on any atom is 0.160 e. The number of hydrogen-bond acceptors (Lipinski definition) is 4. The predicted molar refractivity (Wildman–Crippen MR) is 88.2 cm³/mol. The van der Waals surface area contributed by atoms with Crippen molar-refractivity contribution in [2.75, 3.05) is 6.61 Å². The summed E-state index contributed by atoms with van der Waals surface area (Å²) >= 11 is 1.78. The van der Waals surface area contributed by atoms with Gasteiger partial charge in [0.15, 0.2) is 5.65 Å². The van der Waals surface area contributed by atoms with E-state index in [2.05, 4.69) is 27.1 Å². The average molecular weight is 313 g/mol. The maximum absolute atomic E-state index is 5.90. The van der Waals surface area contributed by atoms with Gasteiger partial charge in [-0.05, 0) is 42.8 Å². The van der Waals surface area contributed by atoms with Crippen molar-refractivity contribution < 1.29 is 4.74 Å². The summed E-state index contributed by atoms with van der Waals surface area (Å²) < 4.78 is 8.15. The molecule has 0 spiro atoms. The zero-order chi connectivity index (χ0) is 14.8. The molecule has 1 saturated heterocycles. The standard InChI is InChI=1S/C17H19N3OS/c1-2-9-21-13(5-1)11-16-19-15-7-3-8-18-17(15)20(16)12-14-6-4-10-22-14/h3-4,6-8,10,13H,1-2,5,9,11-12H2.